The first-order valence-corrected chi connectivity index (χ1v) is 4.07. The van der Waals surface area contributed by atoms with E-state index in [2.05, 4.69) is 15.6 Å². The van der Waals surface area contributed by atoms with Crippen LogP contribution in [0.2, 0.25) is 0 Å². The zero-order valence-electron chi connectivity index (χ0n) is 7.47. The van der Waals surface area contributed by atoms with E-state index in [0.717, 1.165) is 0 Å². The second kappa shape index (κ2) is 4.56. The Balaban J connectivity index is 2.18. The van der Waals surface area contributed by atoms with Gasteiger partial charge < -0.3 is 11.1 Å². The lowest BCUT2D eigenvalue weighted by atomic mass is 10.3. The van der Waals surface area contributed by atoms with Crippen LogP contribution in [0.15, 0.2) is 12.4 Å². The molecule has 1 atom stereocenters. The minimum Gasteiger partial charge on any atom is -0.353 e. The van der Waals surface area contributed by atoms with E-state index < -0.39 is 6.04 Å². The van der Waals surface area contributed by atoms with Crippen LogP contribution in [0.4, 0.5) is 0 Å². The number of carbonyl (C=O) groups excluding carboxylic acids is 1. The van der Waals surface area contributed by atoms with Gasteiger partial charge in [-0.3, -0.25) is 9.48 Å². The highest BCUT2D eigenvalue weighted by Crippen LogP contribution is 1.80. The Kier molecular flexibility index (Phi) is 3.39. The van der Waals surface area contributed by atoms with Crippen LogP contribution < -0.4 is 11.1 Å². The summed E-state index contributed by atoms with van der Waals surface area (Å²) < 4.78 is 1.64. The quantitative estimate of drug-likeness (QED) is 0.610. The topological polar surface area (TPSA) is 85.8 Å². The lowest BCUT2D eigenvalue weighted by Crippen LogP contribution is -2.39. The van der Waals surface area contributed by atoms with Gasteiger partial charge in [0.25, 0.3) is 0 Å². The van der Waals surface area contributed by atoms with E-state index in [4.69, 9.17) is 5.73 Å². The maximum Gasteiger partial charge on any atom is 0.236 e. The van der Waals surface area contributed by atoms with E-state index >= 15 is 0 Å². The summed E-state index contributed by atoms with van der Waals surface area (Å²) in [5.74, 6) is -0.153. The first kappa shape index (κ1) is 9.66. The molecule has 72 valence electrons. The molecule has 0 saturated carbocycles. The minimum atomic E-state index is -0.462. The second-order valence-electron chi connectivity index (χ2n) is 2.75. The van der Waals surface area contributed by atoms with Crippen LogP contribution in [-0.2, 0) is 11.3 Å². The first-order chi connectivity index (χ1) is 6.20. The molecule has 0 aliphatic heterocycles. The molecule has 6 nitrogen and oxygen atoms in total. The summed E-state index contributed by atoms with van der Waals surface area (Å²) in [7, 11) is 0. The van der Waals surface area contributed by atoms with Crippen molar-refractivity contribution in [2.45, 2.75) is 19.5 Å². The van der Waals surface area contributed by atoms with Crippen LogP contribution in [0.5, 0.6) is 0 Å². The molecule has 1 rings (SSSR count). The molecule has 6 heteroatoms. The molecule has 0 fully saturated rings. The molecule has 0 unspecified atom stereocenters. The number of carbonyl (C=O) groups is 1. The molecular formula is C7H13N5O. The highest BCUT2D eigenvalue weighted by Gasteiger charge is 2.05. The zero-order valence-corrected chi connectivity index (χ0v) is 7.47. The van der Waals surface area contributed by atoms with Gasteiger partial charge in [0.2, 0.25) is 5.91 Å². The average molecular weight is 183 g/mol. The fourth-order valence-corrected chi connectivity index (χ4v) is 0.807. The van der Waals surface area contributed by atoms with Crippen LogP contribution >= 0.6 is 0 Å². The lowest BCUT2D eigenvalue weighted by molar-refractivity contribution is -0.122. The summed E-state index contributed by atoms with van der Waals surface area (Å²) in [6, 6.07) is -0.462. The van der Waals surface area contributed by atoms with E-state index in [1.165, 1.54) is 0 Å². The Morgan fingerprint density at radius 3 is 3.08 bits per heavy atom. The predicted molar refractivity (Wildman–Crippen MR) is 46.7 cm³/mol. The molecule has 0 aliphatic rings. The Morgan fingerprint density at radius 1 is 1.77 bits per heavy atom. The molecule has 1 aromatic rings. The van der Waals surface area contributed by atoms with Crippen molar-refractivity contribution in [1.82, 2.24) is 20.3 Å². The Morgan fingerprint density at radius 2 is 2.54 bits per heavy atom. The highest BCUT2D eigenvalue weighted by molar-refractivity contribution is 5.80. The summed E-state index contributed by atoms with van der Waals surface area (Å²) in [4.78, 5) is 11.0. The van der Waals surface area contributed by atoms with Crippen molar-refractivity contribution >= 4 is 5.91 Å². The SMILES string of the molecule is C[C@@H](N)C(=O)NCCn1ccnn1. The van der Waals surface area contributed by atoms with Crippen LogP contribution in [0.3, 0.4) is 0 Å². The molecule has 1 aromatic heterocycles. The first-order valence-electron chi connectivity index (χ1n) is 4.07. The smallest absolute Gasteiger partial charge is 0.236 e. The maximum absolute atomic E-state index is 11.0. The van der Waals surface area contributed by atoms with E-state index in [1.807, 2.05) is 0 Å². The zero-order chi connectivity index (χ0) is 9.68. The summed E-state index contributed by atoms with van der Waals surface area (Å²) in [6.07, 6.45) is 3.32. The second-order valence-corrected chi connectivity index (χ2v) is 2.75. The van der Waals surface area contributed by atoms with E-state index in [0.29, 0.717) is 13.1 Å². The van der Waals surface area contributed by atoms with Crippen molar-refractivity contribution in [3.05, 3.63) is 12.4 Å². The third-order valence-corrected chi connectivity index (χ3v) is 1.53. The van der Waals surface area contributed by atoms with Crippen molar-refractivity contribution < 1.29 is 4.79 Å². The number of nitrogens with zero attached hydrogens (tertiary/aromatic N) is 3. The third-order valence-electron chi connectivity index (χ3n) is 1.53. The van der Waals surface area contributed by atoms with Crippen LogP contribution in [0.1, 0.15) is 6.92 Å². The van der Waals surface area contributed by atoms with E-state index in [1.54, 1.807) is 24.0 Å². The summed E-state index contributed by atoms with van der Waals surface area (Å²) in [5, 5.41) is 10.0. The van der Waals surface area contributed by atoms with E-state index in [-0.39, 0.29) is 5.91 Å². The summed E-state index contributed by atoms with van der Waals surface area (Å²) in [6.45, 7) is 2.77. The van der Waals surface area contributed by atoms with Gasteiger partial charge >= 0.3 is 0 Å². The molecule has 0 spiro atoms. The molecule has 1 heterocycles. The van der Waals surface area contributed by atoms with E-state index in [9.17, 15) is 4.79 Å². The average Bonchev–Trinajstić information content (AvgIpc) is 2.56. The largest absolute Gasteiger partial charge is 0.353 e. The summed E-state index contributed by atoms with van der Waals surface area (Å²) in [5.41, 5.74) is 5.35. The van der Waals surface area contributed by atoms with Gasteiger partial charge in [0.1, 0.15) is 0 Å². The molecular weight excluding hydrogens is 170 g/mol. The van der Waals surface area contributed by atoms with Gasteiger partial charge in [0.05, 0.1) is 18.8 Å². The molecule has 0 radical (unpaired) electrons. The number of nitrogens with two attached hydrogens (primary N) is 1. The summed E-state index contributed by atoms with van der Waals surface area (Å²) >= 11 is 0. The predicted octanol–water partition coefficient (Wildman–Crippen LogP) is -1.26. The highest BCUT2D eigenvalue weighted by atomic mass is 16.2. The van der Waals surface area contributed by atoms with Gasteiger partial charge in [-0.2, -0.15) is 0 Å². The maximum atomic E-state index is 11.0. The van der Waals surface area contributed by atoms with Crippen LogP contribution in [0, 0.1) is 0 Å². The van der Waals surface area contributed by atoms with Crippen molar-refractivity contribution in [2.75, 3.05) is 6.54 Å². The number of aromatic nitrogens is 3. The Bertz CT molecular complexity index is 256. The van der Waals surface area contributed by atoms with Gasteiger partial charge in [0.15, 0.2) is 0 Å². The molecule has 1 amide bonds. The van der Waals surface area contributed by atoms with Gasteiger partial charge in [-0.15, -0.1) is 5.10 Å². The minimum absolute atomic E-state index is 0.153. The molecule has 3 N–H and O–H groups in total. The lowest BCUT2D eigenvalue weighted by Gasteiger charge is -2.06. The standard InChI is InChI=1S/C7H13N5O/c1-6(8)7(13)9-2-4-12-5-3-10-11-12/h3,5-6H,2,4,8H2,1H3,(H,9,13)/t6-/m1/s1. The number of hydrogen-bond donors (Lipinski definition) is 2. The normalized spacial score (nSPS) is 12.5. The number of hydrogen-bond acceptors (Lipinski definition) is 4. The molecule has 0 aromatic carbocycles. The van der Waals surface area contributed by atoms with Gasteiger partial charge in [0, 0.05) is 12.7 Å². The monoisotopic (exact) mass is 183 g/mol. The van der Waals surface area contributed by atoms with Crippen molar-refractivity contribution in [3.8, 4) is 0 Å². The third kappa shape index (κ3) is 3.20. The fraction of sp³-hybridized carbons (Fsp3) is 0.571. The molecule has 13 heavy (non-hydrogen) atoms. The Labute approximate surface area is 76.1 Å². The number of rotatable bonds is 4. The molecule has 0 aliphatic carbocycles. The van der Waals surface area contributed by atoms with Gasteiger partial charge in [-0.1, -0.05) is 5.21 Å². The molecule has 0 bridgehead atoms. The van der Waals surface area contributed by atoms with Crippen molar-refractivity contribution in [3.63, 3.8) is 0 Å². The van der Waals surface area contributed by atoms with Gasteiger partial charge in [-0.25, -0.2) is 0 Å². The Hall–Kier alpha value is -1.43. The molecule has 0 saturated heterocycles. The number of amides is 1. The number of nitrogens with one attached hydrogen (secondary N) is 1. The van der Waals surface area contributed by atoms with Crippen LogP contribution in [0.25, 0.3) is 0 Å². The van der Waals surface area contributed by atoms with Gasteiger partial charge in [-0.05, 0) is 6.92 Å². The van der Waals surface area contributed by atoms with Crippen molar-refractivity contribution in [1.29, 1.82) is 0 Å². The fourth-order valence-electron chi connectivity index (χ4n) is 0.807. The van der Waals surface area contributed by atoms with Crippen LogP contribution in [-0.4, -0.2) is 33.5 Å². The van der Waals surface area contributed by atoms with Crippen molar-refractivity contribution in [2.24, 2.45) is 5.73 Å².